The van der Waals surface area contributed by atoms with Gasteiger partial charge in [-0.3, -0.25) is 4.79 Å². The van der Waals surface area contributed by atoms with Gasteiger partial charge in [0.15, 0.2) is 5.82 Å². The Bertz CT molecular complexity index is 1030. The van der Waals surface area contributed by atoms with Gasteiger partial charge in [0.2, 0.25) is 0 Å². The van der Waals surface area contributed by atoms with E-state index in [1.807, 2.05) is 41.3 Å². The number of ether oxygens (including phenoxy) is 1. The van der Waals surface area contributed by atoms with Crippen LogP contribution in [0.5, 0.6) is 0 Å². The van der Waals surface area contributed by atoms with Crippen LogP contribution in [-0.2, 0) is 30.9 Å². The molecule has 1 aromatic heterocycles. The third-order valence-corrected chi connectivity index (χ3v) is 5.59. The largest absolute Gasteiger partial charge is 0.372 e. The third-order valence-electron chi connectivity index (χ3n) is 5.59. The second-order valence-electron chi connectivity index (χ2n) is 7.54. The summed E-state index contributed by atoms with van der Waals surface area (Å²) in [6.45, 7) is 4.35. The van der Waals surface area contributed by atoms with Gasteiger partial charge in [-0.25, -0.2) is 0 Å². The van der Waals surface area contributed by atoms with Crippen molar-refractivity contribution >= 4 is 5.91 Å². The molecule has 3 heterocycles. The lowest BCUT2D eigenvalue weighted by Crippen LogP contribution is -2.41. The number of carbonyl (C=O) groups is 1. The fraction of sp³-hybridized carbons (Fsp3) is 0.318. The molecule has 0 bridgehead atoms. The summed E-state index contributed by atoms with van der Waals surface area (Å²) < 4.78 is 7.72. The van der Waals surface area contributed by atoms with Gasteiger partial charge in [0.05, 0.1) is 25.8 Å². The van der Waals surface area contributed by atoms with Gasteiger partial charge in [-0.05, 0) is 29.7 Å². The van der Waals surface area contributed by atoms with Crippen molar-refractivity contribution in [3.63, 3.8) is 0 Å². The Morgan fingerprint density at radius 2 is 1.96 bits per heavy atom. The van der Waals surface area contributed by atoms with Crippen LogP contribution in [0, 0.1) is 0 Å². The smallest absolute Gasteiger partial charge is 0.254 e. The topological polar surface area (TPSA) is 60.3 Å². The van der Waals surface area contributed by atoms with E-state index in [0.717, 1.165) is 34.8 Å². The van der Waals surface area contributed by atoms with Gasteiger partial charge >= 0.3 is 0 Å². The van der Waals surface area contributed by atoms with Crippen LogP contribution in [0.2, 0.25) is 0 Å². The molecule has 2 aliphatic rings. The molecule has 0 saturated heterocycles. The minimum atomic E-state index is 0.0491. The number of nitrogens with zero attached hydrogens (tertiary/aromatic N) is 4. The minimum absolute atomic E-state index is 0.0491. The molecular formula is C22H22N4O2. The van der Waals surface area contributed by atoms with Crippen molar-refractivity contribution in [3.8, 4) is 0 Å². The normalized spacial score (nSPS) is 18.0. The summed E-state index contributed by atoms with van der Waals surface area (Å²) in [6.07, 6.45) is 0.746. The van der Waals surface area contributed by atoms with Gasteiger partial charge in [-0.1, -0.05) is 42.5 Å². The summed E-state index contributed by atoms with van der Waals surface area (Å²) in [6, 6.07) is 16.3. The van der Waals surface area contributed by atoms with Gasteiger partial charge in [-0.15, -0.1) is 10.2 Å². The number of hydrogen-bond donors (Lipinski definition) is 0. The van der Waals surface area contributed by atoms with Crippen LogP contribution >= 0.6 is 0 Å². The Hall–Kier alpha value is -2.99. The zero-order valence-corrected chi connectivity index (χ0v) is 15.8. The summed E-state index contributed by atoms with van der Waals surface area (Å²) in [4.78, 5) is 15.1. The van der Waals surface area contributed by atoms with E-state index in [9.17, 15) is 4.79 Å². The van der Waals surface area contributed by atoms with Crippen LogP contribution in [0.3, 0.4) is 0 Å². The molecule has 1 atom stereocenters. The van der Waals surface area contributed by atoms with E-state index < -0.39 is 0 Å². The SMILES string of the molecule is C[C@H]1CN(C(=O)c2cccc3c2COC3)Cc2nnc(Cc3ccccc3)n21. The summed E-state index contributed by atoms with van der Waals surface area (Å²) in [7, 11) is 0. The van der Waals surface area contributed by atoms with Crippen molar-refractivity contribution < 1.29 is 9.53 Å². The van der Waals surface area contributed by atoms with Gasteiger partial charge in [0.25, 0.3) is 5.91 Å². The van der Waals surface area contributed by atoms with Crippen LogP contribution in [0.25, 0.3) is 0 Å². The summed E-state index contributed by atoms with van der Waals surface area (Å²) in [5.41, 5.74) is 4.10. The first-order valence-corrected chi connectivity index (χ1v) is 9.65. The first kappa shape index (κ1) is 17.1. The van der Waals surface area contributed by atoms with E-state index in [2.05, 4.69) is 33.8 Å². The van der Waals surface area contributed by atoms with Gasteiger partial charge < -0.3 is 14.2 Å². The van der Waals surface area contributed by atoms with E-state index in [1.54, 1.807) is 0 Å². The maximum Gasteiger partial charge on any atom is 0.254 e. The van der Waals surface area contributed by atoms with Crippen LogP contribution in [0.15, 0.2) is 48.5 Å². The average Bonchev–Trinajstić information content (AvgIpc) is 3.35. The Balaban J connectivity index is 1.41. The number of carbonyl (C=O) groups excluding carboxylic acids is 1. The summed E-state index contributed by atoms with van der Waals surface area (Å²) in [5.74, 6) is 1.85. The Morgan fingerprint density at radius 1 is 1.11 bits per heavy atom. The van der Waals surface area contributed by atoms with Crippen molar-refractivity contribution in [2.45, 2.75) is 39.1 Å². The number of rotatable bonds is 3. The second kappa shape index (κ2) is 6.87. The van der Waals surface area contributed by atoms with Crippen molar-refractivity contribution in [1.82, 2.24) is 19.7 Å². The fourth-order valence-corrected chi connectivity index (χ4v) is 4.24. The molecule has 2 aliphatic heterocycles. The van der Waals surface area contributed by atoms with Gasteiger partial charge in [0.1, 0.15) is 5.82 Å². The molecule has 0 spiro atoms. The van der Waals surface area contributed by atoms with E-state index in [0.29, 0.717) is 26.3 Å². The fourth-order valence-electron chi connectivity index (χ4n) is 4.24. The predicted molar refractivity (Wildman–Crippen MR) is 104 cm³/mol. The van der Waals surface area contributed by atoms with Crippen molar-refractivity contribution in [3.05, 3.63) is 82.4 Å². The van der Waals surface area contributed by atoms with E-state index >= 15 is 0 Å². The molecule has 1 amide bonds. The van der Waals surface area contributed by atoms with Crippen molar-refractivity contribution in [1.29, 1.82) is 0 Å². The zero-order valence-electron chi connectivity index (χ0n) is 15.8. The molecule has 142 valence electrons. The number of hydrogen-bond acceptors (Lipinski definition) is 4. The quantitative estimate of drug-likeness (QED) is 0.707. The average molecular weight is 374 g/mol. The molecule has 3 aromatic rings. The number of amides is 1. The van der Waals surface area contributed by atoms with Crippen molar-refractivity contribution in [2.24, 2.45) is 0 Å². The van der Waals surface area contributed by atoms with Crippen LogP contribution in [-0.4, -0.2) is 32.1 Å². The molecule has 2 aromatic carbocycles. The monoisotopic (exact) mass is 374 g/mol. The molecule has 0 aliphatic carbocycles. The standard InChI is InChI=1S/C22H22N4O2/c1-15-11-25(22(27)18-9-5-8-17-13-28-14-19(17)18)12-21-24-23-20(26(15)21)10-16-6-3-2-4-7-16/h2-9,15H,10-14H2,1H3/t15-/m0/s1. The molecule has 0 fully saturated rings. The first-order valence-electron chi connectivity index (χ1n) is 9.65. The highest BCUT2D eigenvalue weighted by molar-refractivity contribution is 5.96. The lowest BCUT2D eigenvalue weighted by atomic mass is 10.0. The molecule has 28 heavy (non-hydrogen) atoms. The number of aromatic nitrogens is 3. The maximum atomic E-state index is 13.2. The number of benzene rings is 2. The van der Waals surface area contributed by atoms with Crippen molar-refractivity contribution in [2.75, 3.05) is 6.54 Å². The maximum absolute atomic E-state index is 13.2. The molecule has 0 radical (unpaired) electrons. The molecule has 0 saturated carbocycles. The molecule has 0 unspecified atom stereocenters. The third kappa shape index (κ3) is 2.90. The predicted octanol–water partition coefficient (Wildman–Crippen LogP) is 3.12. The second-order valence-corrected chi connectivity index (χ2v) is 7.54. The molecule has 6 heteroatoms. The molecular weight excluding hydrogens is 352 g/mol. The van der Waals surface area contributed by atoms with Gasteiger partial charge in [-0.2, -0.15) is 0 Å². The summed E-state index contributed by atoms with van der Waals surface area (Å²) >= 11 is 0. The highest BCUT2D eigenvalue weighted by Gasteiger charge is 2.31. The molecule has 5 rings (SSSR count). The van der Waals surface area contributed by atoms with E-state index in [-0.39, 0.29) is 11.9 Å². The Labute approximate surface area is 163 Å². The van der Waals surface area contributed by atoms with Crippen LogP contribution < -0.4 is 0 Å². The highest BCUT2D eigenvalue weighted by atomic mass is 16.5. The first-order chi connectivity index (χ1) is 13.7. The molecule has 6 nitrogen and oxygen atoms in total. The highest BCUT2D eigenvalue weighted by Crippen LogP contribution is 2.28. The zero-order chi connectivity index (χ0) is 19.1. The van der Waals surface area contributed by atoms with E-state index in [1.165, 1.54) is 5.56 Å². The summed E-state index contributed by atoms with van der Waals surface area (Å²) in [5, 5.41) is 8.82. The minimum Gasteiger partial charge on any atom is -0.372 e. The Kier molecular flexibility index (Phi) is 4.20. The van der Waals surface area contributed by atoms with Crippen LogP contribution in [0.1, 0.15) is 51.7 Å². The Morgan fingerprint density at radius 3 is 2.82 bits per heavy atom. The van der Waals surface area contributed by atoms with Crippen LogP contribution in [0.4, 0.5) is 0 Å². The van der Waals surface area contributed by atoms with E-state index in [4.69, 9.17) is 4.74 Å². The number of fused-ring (bicyclic) bond motifs is 2. The lowest BCUT2D eigenvalue weighted by Gasteiger charge is -2.33. The molecule has 0 N–H and O–H groups in total. The van der Waals surface area contributed by atoms with Gasteiger partial charge in [0, 0.05) is 18.5 Å². The lowest BCUT2D eigenvalue weighted by molar-refractivity contribution is 0.0675.